The van der Waals surface area contributed by atoms with Crippen LogP contribution in [0.5, 0.6) is 0 Å². The lowest BCUT2D eigenvalue weighted by Crippen LogP contribution is -1.96. The smallest absolute Gasteiger partial charge is 0.161 e. The average Bonchev–Trinajstić information content (AvgIpc) is 3.80. The predicted octanol–water partition coefficient (Wildman–Crippen LogP) is 13.5. The number of rotatable bonds is 5. The molecule has 234 valence electrons. The number of hydrogen-bond acceptors (Lipinski definition) is 4. The van der Waals surface area contributed by atoms with Crippen LogP contribution in [0.1, 0.15) is 0 Å². The quantitative estimate of drug-likeness (QED) is 0.182. The van der Waals surface area contributed by atoms with Gasteiger partial charge in [-0.3, -0.25) is 0 Å². The summed E-state index contributed by atoms with van der Waals surface area (Å²) in [5.74, 6) is 0.737. The predicted molar refractivity (Wildman–Crippen MR) is 215 cm³/mol. The van der Waals surface area contributed by atoms with Gasteiger partial charge in [0.25, 0.3) is 0 Å². The molecule has 0 aliphatic carbocycles. The van der Waals surface area contributed by atoms with Crippen LogP contribution in [0, 0.1) is 0 Å². The Morgan fingerprint density at radius 3 is 1.68 bits per heavy atom. The second-order valence-electron chi connectivity index (χ2n) is 12.6. The number of benzene rings is 7. The molecular formula is C46H28N2S2. The van der Waals surface area contributed by atoms with Crippen molar-refractivity contribution < 1.29 is 0 Å². The molecule has 10 rings (SSSR count). The molecule has 0 N–H and O–H groups in total. The zero-order valence-corrected chi connectivity index (χ0v) is 28.5. The van der Waals surface area contributed by atoms with E-state index in [2.05, 4.69) is 170 Å². The van der Waals surface area contributed by atoms with Crippen molar-refractivity contribution in [2.45, 2.75) is 0 Å². The Labute approximate surface area is 297 Å². The van der Waals surface area contributed by atoms with Gasteiger partial charge in [0.1, 0.15) is 0 Å². The first-order chi connectivity index (χ1) is 24.7. The fourth-order valence-electron chi connectivity index (χ4n) is 7.01. The molecule has 4 heteroatoms. The second-order valence-corrected chi connectivity index (χ2v) is 14.7. The Hall–Kier alpha value is -5.94. The highest BCUT2D eigenvalue weighted by Gasteiger charge is 2.16. The largest absolute Gasteiger partial charge is 0.228 e. The van der Waals surface area contributed by atoms with Crippen LogP contribution in [0.2, 0.25) is 0 Å². The van der Waals surface area contributed by atoms with Gasteiger partial charge in [-0.05, 0) is 63.2 Å². The molecule has 50 heavy (non-hydrogen) atoms. The highest BCUT2D eigenvalue weighted by molar-refractivity contribution is 7.26. The van der Waals surface area contributed by atoms with Gasteiger partial charge in [0.15, 0.2) is 5.82 Å². The number of fused-ring (bicyclic) bond motifs is 5. The van der Waals surface area contributed by atoms with Crippen molar-refractivity contribution in [2.75, 3.05) is 0 Å². The Balaban J connectivity index is 1.10. The van der Waals surface area contributed by atoms with E-state index < -0.39 is 0 Å². The van der Waals surface area contributed by atoms with Crippen LogP contribution in [-0.2, 0) is 0 Å². The minimum atomic E-state index is 0.737. The summed E-state index contributed by atoms with van der Waals surface area (Å²) in [5, 5.41) is 6.29. The lowest BCUT2D eigenvalue weighted by molar-refractivity contribution is 1.19. The van der Waals surface area contributed by atoms with Crippen LogP contribution in [-0.4, -0.2) is 9.97 Å². The molecule has 0 unspecified atom stereocenters. The van der Waals surface area contributed by atoms with Crippen LogP contribution in [0.15, 0.2) is 170 Å². The van der Waals surface area contributed by atoms with Gasteiger partial charge in [-0.1, -0.05) is 140 Å². The van der Waals surface area contributed by atoms with E-state index in [0.717, 1.165) is 33.9 Å². The number of hydrogen-bond donors (Lipinski definition) is 0. The number of aromatic nitrogens is 2. The van der Waals surface area contributed by atoms with Crippen molar-refractivity contribution in [3.8, 4) is 55.5 Å². The molecule has 0 atom stereocenters. The Kier molecular flexibility index (Phi) is 6.90. The van der Waals surface area contributed by atoms with E-state index in [4.69, 9.17) is 9.97 Å². The maximum absolute atomic E-state index is 5.26. The van der Waals surface area contributed by atoms with Gasteiger partial charge in [0.2, 0.25) is 0 Å². The lowest BCUT2D eigenvalue weighted by atomic mass is 9.97. The molecule has 2 nitrogen and oxygen atoms in total. The molecule has 0 saturated heterocycles. The molecule has 0 aliphatic rings. The van der Waals surface area contributed by atoms with Gasteiger partial charge in [-0.15, -0.1) is 22.7 Å². The highest BCUT2D eigenvalue weighted by atomic mass is 32.1. The first-order valence-corrected chi connectivity index (χ1v) is 18.4. The summed E-state index contributed by atoms with van der Waals surface area (Å²) in [5.41, 5.74) is 8.62. The van der Waals surface area contributed by atoms with Gasteiger partial charge in [0, 0.05) is 46.4 Å². The minimum Gasteiger partial charge on any atom is -0.228 e. The van der Waals surface area contributed by atoms with Crippen molar-refractivity contribution in [1.29, 1.82) is 0 Å². The van der Waals surface area contributed by atoms with Crippen molar-refractivity contribution in [3.05, 3.63) is 170 Å². The van der Waals surface area contributed by atoms with Crippen molar-refractivity contribution in [1.82, 2.24) is 9.97 Å². The fourth-order valence-corrected chi connectivity index (χ4v) is 9.29. The summed E-state index contributed by atoms with van der Waals surface area (Å²) >= 11 is 3.64. The summed E-state index contributed by atoms with van der Waals surface area (Å²) in [7, 11) is 0. The Morgan fingerprint density at radius 1 is 0.360 bits per heavy atom. The maximum Gasteiger partial charge on any atom is 0.161 e. The summed E-state index contributed by atoms with van der Waals surface area (Å²) < 4.78 is 3.79. The summed E-state index contributed by atoms with van der Waals surface area (Å²) in [4.78, 5) is 11.8. The molecule has 7 aromatic carbocycles. The van der Waals surface area contributed by atoms with E-state index in [9.17, 15) is 0 Å². The summed E-state index contributed by atoms with van der Waals surface area (Å²) in [6.45, 7) is 0. The zero-order valence-electron chi connectivity index (χ0n) is 26.9. The Morgan fingerprint density at radius 2 is 0.920 bits per heavy atom. The summed E-state index contributed by atoms with van der Waals surface area (Å²) in [6.07, 6.45) is 0. The molecule has 0 radical (unpaired) electrons. The van der Waals surface area contributed by atoms with E-state index in [0.29, 0.717) is 0 Å². The molecule has 10 aromatic rings. The molecule has 3 heterocycles. The van der Waals surface area contributed by atoms with Gasteiger partial charge in [-0.2, -0.15) is 0 Å². The van der Waals surface area contributed by atoms with Gasteiger partial charge < -0.3 is 0 Å². The molecule has 0 bridgehead atoms. The third-order valence-corrected chi connectivity index (χ3v) is 11.9. The molecule has 3 aromatic heterocycles. The summed E-state index contributed by atoms with van der Waals surface area (Å²) in [6, 6.07) is 60.8. The molecule has 0 fully saturated rings. The maximum atomic E-state index is 5.26. The second kappa shape index (κ2) is 11.9. The Bertz CT molecular complexity index is 2820. The number of nitrogens with zero attached hydrogens (tertiary/aromatic N) is 2. The van der Waals surface area contributed by atoms with E-state index in [1.54, 1.807) is 0 Å². The van der Waals surface area contributed by atoms with E-state index in [1.807, 2.05) is 22.7 Å². The first kappa shape index (κ1) is 29.0. The van der Waals surface area contributed by atoms with E-state index >= 15 is 0 Å². The van der Waals surface area contributed by atoms with Crippen LogP contribution in [0.25, 0.3) is 96.5 Å². The SMILES string of the molecule is c1ccc2sc(-c3ccc(-c4cc(-c5ccc(-c6cccc7ccccc67)cc5)nc(-c5cccc6c5sc5ccccc56)n4)cc3)cc2c1. The number of thiophene rings is 2. The normalized spacial score (nSPS) is 11.6. The van der Waals surface area contributed by atoms with Crippen LogP contribution in [0.4, 0.5) is 0 Å². The topological polar surface area (TPSA) is 25.8 Å². The van der Waals surface area contributed by atoms with Crippen LogP contribution >= 0.6 is 22.7 Å². The minimum absolute atomic E-state index is 0.737. The molecule has 0 aliphatic heterocycles. The fraction of sp³-hybridized carbons (Fsp3) is 0. The monoisotopic (exact) mass is 672 g/mol. The average molecular weight is 673 g/mol. The highest BCUT2D eigenvalue weighted by Crippen LogP contribution is 2.41. The third kappa shape index (κ3) is 5.00. The lowest BCUT2D eigenvalue weighted by Gasteiger charge is -2.12. The van der Waals surface area contributed by atoms with Gasteiger partial charge >= 0.3 is 0 Å². The van der Waals surface area contributed by atoms with E-state index in [1.165, 1.54) is 62.6 Å². The van der Waals surface area contributed by atoms with Crippen LogP contribution in [0.3, 0.4) is 0 Å². The molecule has 0 saturated carbocycles. The first-order valence-electron chi connectivity index (χ1n) is 16.7. The van der Waals surface area contributed by atoms with E-state index in [-0.39, 0.29) is 0 Å². The standard InChI is InChI=1S/C46H28N2S2/c1-3-12-35-29(9-1)11-7-14-36(35)30-19-21-31(22-20-30)40-28-41(32-23-25-33(26-24-32)44-27-34-10-2-5-17-42(34)49-44)48-46(47-40)39-16-8-15-38-37-13-4-6-18-43(37)50-45(38)39/h1-28H. The molecule has 0 amide bonds. The molecule has 0 spiro atoms. The molecular weight excluding hydrogens is 645 g/mol. The van der Waals surface area contributed by atoms with Crippen molar-refractivity contribution in [3.63, 3.8) is 0 Å². The van der Waals surface area contributed by atoms with Crippen molar-refractivity contribution in [2.24, 2.45) is 0 Å². The third-order valence-electron chi connectivity index (χ3n) is 9.54. The van der Waals surface area contributed by atoms with Gasteiger partial charge in [0.05, 0.1) is 11.4 Å². The van der Waals surface area contributed by atoms with Crippen molar-refractivity contribution >= 4 is 63.7 Å². The van der Waals surface area contributed by atoms with Gasteiger partial charge in [-0.25, -0.2) is 9.97 Å². The van der Waals surface area contributed by atoms with Crippen LogP contribution < -0.4 is 0 Å². The zero-order chi connectivity index (χ0) is 33.0.